The van der Waals surface area contributed by atoms with Gasteiger partial charge in [-0.1, -0.05) is 19.1 Å². The van der Waals surface area contributed by atoms with Gasteiger partial charge in [0.2, 0.25) is 5.91 Å². The van der Waals surface area contributed by atoms with E-state index in [0.717, 1.165) is 37.7 Å². The first-order valence-electron chi connectivity index (χ1n) is 8.92. The lowest BCUT2D eigenvalue weighted by Crippen LogP contribution is -2.46. The molecule has 1 aromatic rings. The van der Waals surface area contributed by atoms with Crippen LogP contribution in [0.25, 0.3) is 0 Å². The summed E-state index contributed by atoms with van der Waals surface area (Å²) in [6.07, 6.45) is 4.66. The highest BCUT2D eigenvalue weighted by Crippen LogP contribution is 2.22. The van der Waals surface area contributed by atoms with Gasteiger partial charge in [0, 0.05) is 5.69 Å². The second-order valence-electron chi connectivity index (χ2n) is 6.59. The van der Waals surface area contributed by atoms with Crippen molar-refractivity contribution < 1.29 is 4.79 Å². The van der Waals surface area contributed by atoms with Crippen LogP contribution in [-0.2, 0) is 11.2 Å². The van der Waals surface area contributed by atoms with Crippen LogP contribution in [0.2, 0.25) is 0 Å². The lowest BCUT2D eigenvalue weighted by molar-refractivity contribution is -0.121. The summed E-state index contributed by atoms with van der Waals surface area (Å²) < 4.78 is 0. The summed E-state index contributed by atoms with van der Waals surface area (Å²) in [7, 11) is 2.01. The molecule has 0 aliphatic carbocycles. The minimum absolute atomic E-state index is 0.0638. The molecule has 1 atom stereocenters. The minimum atomic E-state index is -0.0638. The SMILES string of the molecule is CCc1ccc(NC(=O)C(C)N2CCC(CCNC)CC2)cc1. The van der Waals surface area contributed by atoms with Crippen LogP contribution in [-0.4, -0.2) is 43.5 Å². The van der Waals surface area contributed by atoms with E-state index in [1.807, 2.05) is 26.1 Å². The van der Waals surface area contributed by atoms with Gasteiger partial charge in [-0.3, -0.25) is 9.69 Å². The normalized spacial score (nSPS) is 17.9. The van der Waals surface area contributed by atoms with Gasteiger partial charge in [0.1, 0.15) is 0 Å². The number of benzene rings is 1. The largest absolute Gasteiger partial charge is 0.325 e. The summed E-state index contributed by atoms with van der Waals surface area (Å²) in [5, 5.41) is 6.27. The molecule has 0 bridgehead atoms. The van der Waals surface area contributed by atoms with Gasteiger partial charge in [0.15, 0.2) is 0 Å². The third-order valence-electron chi connectivity index (χ3n) is 5.01. The molecule has 4 nitrogen and oxygen atoms in total. The van der Waals surface area contributed by atoms with Crippen molar-refractivity contribution in [3.63, 3.8) is 0 Å². The molecule has 1 aromatic carbocycles. The van der Waals surface area contributed by atoms with Gasteiger partial charge >= 0.3 is 0 Å². The molecule has 1 unspecified atom stereocenters. The second kappa shape index (κ2) is 9.04. The topological polar surface area (TPSA) is 44.4 Å². The third kappa shape index (κ3) is 5.33. The van der Waals surface area contributed by atoms with Gasteiger partial charge in [-0.05, 0) is 82.9 Å². The van der Waals surface area contributed by atoms with E-state index < -0.39 is 0 Å². The number of carbonyl (C=O) groups is 1. The zero-order valence-corrected chi connectivity index (χ0v) is 14.8. The first-order valence-corrected chi connectivity index (χ1v) is 8.92. The number of likely N-dealkylation sites (tertiary alicyclic amines) is 1. The Labute approximate surface area is 140 Å². The highest BCUT2D eigenvalue weighted by molar-refractivity contribution is 5.94. The third-order valence-corrected chi connectivity index (χ3v) is 5.01. The summed E-state index contributed by atoms with van der Waals surface area (Å²) in [4.78, 5) is 14.8. The Hall–Kier alpha value is -1.39. The maximum atomic E-state index is 12.5. The van der Waals surface area contributed by atoms with Crippen molar-refractivity contribution in [2.75, 3.05) is 32.0 Å². The summed E-state index contributed by atoms with van der Waals surface area (Å²) in [6, 6.07) is 8.08. The van der Waals surface area contributed by atoms with Crippen LogP contribution in [0, 0.1) is 5.92 Å². The number of rotatable bonds is 7. The highest BCUT2D eigenvalue weighted by Gasteiger charge is 2.26. The van der Waals surface area contributed by atoms with Gasteiger partial charge in [-0.15, -0.1) is 0 Å². The standard InChI is InChI=1S/C19H31N3O/c1-4-16-5-7-18(8-6-16)21-19(23)15(2)22-13-10-17(11-14-22)9-12-20-3/h5-8,15,17,20H,4,9-14H2,1-3H3,(H,21,23). The zero-order valence-electron chi connectivity index (χ0n) is 14.8. The molecule has 128 valence electrons. The van der Waals surface area contributed by atoms with E-state index >= 15 is 0 Å². The molecule has 2 rings (SSSR count). The van der Waals surface area contributed by atoms with Crippen LogP contribution in [0.3, 0.4) is 0 Å². The van der Waals surface area contributed by atoms with Gasteiger partial charge in [-0.25, -0.2) is 0 Å². The van der Waals surface area contributed by atoms with E-state index in [-0.39, 0.29) is 11.9 Å². The van der Waals surface area contributed by atoms with E-state index in [4.69, 9.17) is 0 Å². The molecule has 0 aromatic heterocycles. The van der Waals surface area contributed by atoms with Crippen molar-refractivity contribution in [1.82, 2.24) is 10.2 Å². The first kappa shape index (κ1) is 18.0. The summed E-state index contributed by atoms with van der Waals surface area (Å²) in [5.74, 6) is 0.901. The number of nitrogens with one attached hydrogen (secondary N) is 2. The molecule has 1 aliphatic heterocycles. The maximum Gasteiger partial charge on any atom is 0.241 e. The number of aryl methyl sites for hydroxylation is 1. The summed E-state index contributed by atoms with van der Waals surface area (Å²) in [6.45, 7) is 7.30. The number of piperidine rings is 1. The molecule has 1 heterocycles. The Morgan fingerprint density at radius 1 is 1.26 bits per heavy atom. The van der Waals surface area contributed by atoms with Crippen LogP contribution in [0.1, 0.15) is 38.7 Å². The van der Waals surface area contributed by atoms with Crippen molar-refractivity contribution in [3.05, 3.63) is 29.8 Å². The number of hydrogen-bond acceptors (Lipinski definition) is 3. The van der Waals surface area contributed by atoms with E-state index in [9.17, 15) is 4.79 Å². The zero-order chi connectivity index (χ0) is 16.7. The monoisotopic (exact) mass is 317 g/mol. The number of nitrogens with zero attached hydrogens (tertiary/aromatic N) is 1. The Bertz CT molecular complexity index is 478. The van der Waals surface area contributed by atoms with Crippen LogP contribution in [0.5, 0.6) is 0 Å². The molecule has 0 saturated carbocycles. The van der Waals surface area contributed by atoms with Crippen LogP contribution in [0.15, 0.2) is 24.3 Å². The smallest absolute Gasteiger partial charge is 0.241 e. The molecule has 1 fully saturated rings. The fourth-order valence-corrected chi connectivity index (χ4v) is 3.21. The van der Waals surface area contributed by atoms with Crippen LogP contribution < -0.4 is 10.6 Å². The Balaban J connectivity index is 1.80. The quantitative estimate of drug-likeness (QED) is 0.813. The van der Waals surface area contributed by atoms with Gasteiger partial charge in [0.25, 0.3) is 0 Å². The average Bonchev–Trinajstić information content (AvgIpc) is 2.60. The van der Waals surface area contributed by atoms with E-state index in [0.29, 0.717) is 0 Å². The van der Waals surface area contributed by atoms with E-state index in [1.54, 1.807) is 0 Å². The lowest BCUT2D eigenvalue weighted by Gasteiger charge is -2.35. The lowest BCUT2D eigenvalue weighted by atomic mass is 9.93. The molecule has 1 amide bonds. The number of amides is 1. The molecule has 0 spiro atoms. The molecule has 4 heteroatoms. The second-order valence-corrected chi connectivity index (χ2v) is 6.59. The Morgan fingerprint density at radius 3 is 2.48 bits per heavy atom. The molecule has 1 aliphatic rings. The molecular weight excluding hydrogens is 286 g/mol. The summed E-state index contributed by atoms with van der Waals surface area (Å²) >= 11 is 0. The van der Waals surface area contributed by atoms with Crippen molar-refractivity contribution in [3.8, 4) is 0 Å². The van der Waals surface area contributed by atoms with Crippen molar-refractivity contribution in [1.29, 1.82) is 0 Å². The summed E-state index contributed by atoms with van der Waals surface area (Å²) in [5.41, 5.74) is 2.18. The van der Waals surface area contributed by atoms with E-state index in [2.05, 4.69) is 34.6 Å². The number of anilines is 1. The van der Waals surface area contributed by atoms with E-state index in [1.165, 1.54) is 24.8 Å². The molecule has 2 N–H and O–H groups in total. The van der Waals surface area contributed by atoms with Gasteiger partial charge in [-0.2, -0.15) is 0 Å². The number of carbonyl (C=O) groups excluding carboxylic acids is 1. The molecule has 1 saturated heterocycles. The Morgan fingerprint density at radius 2 is 1.91 bits per heavy atom. The highest BCUT2D eigenvalue weighted by atomic mass is 16.2. The predicted molar refractivity (Wildman–Crippen MR) is 96.8 cm³/mol. The Kier molecular flexibility index (Phi) is 7.06. The fraction of sp³-hybridized carbons (Fsp3) is 0.632. The van der Waals surface area contributed by atoms with Crippen molar-refractivity contribution in [2.45, 2.75) is 45.6 Å². The van der Waals surface area contributed by atoms with Crippen molar-refractivity contribution in [2.24, 2.45) is 5.92 Å². The van der Waals surface area contributed by atoms with Gasteiger partial charge in [0.05, 0.1) is 6.04 Å². The maximum absolute atomic E-state index is 12.5. The van der Waals surface area contributed by atoms with Crippen LogP contribution >= 0.6 is 0 Å². The minimum Gasteiger partial charge on any atom is -0.325 e. The molecule has 23 heavy (non-hydrogen) atoms. The molecular formula is C19H31N3O. The average molecular weight is 317 g/mol. The van der Waals surface area contributed by atoms with Crippen molar-refractivity contribution >= 4 is 11.6 Å². The van der Waals surface area contributed by atoms with Gasteiger partial charge < -0.3 is 10.6 Å². The first-order chi connectivity index (χ1) is 11.1. The predicted octanol–water partition coefficient (Wildman–Crippen LogP) is 2.90. The molecule has 0 radical (unpaired) electrons. The fourth-order valence-electron chi connectivity index (χ4n) is 3.21. The van der Waals surface area contributed by atoms with Crippen LogP contribution in [0.4, 0.5) is 5.69 Å². The number of hydrogen-bond donors (Lipinski definition) is 2.